The van der Waals surface area contributed by atoms with Gasteiger partial charge in [0.25, 0.3) is 0 Å². The van der Waals surface area contributed by atoms with E-state index in [0.29, 0.717) is 23.1 Å². The van der Waals surface area contributed by atoms with Crippen molar-refractivity contribution < 1.29 is 23.8 Å². The van der Waals surface area contributed by atoms with Crippen LogP contribution in [0.15, 0.2) is 22.6 Å². The molecular weight excluding hydrogens is 250 g/mol. The molecular formula is C13H13NO5. The molecule has 100 valence electrons. The number of carboxylic acid groups (broad SMARTS) is 1. The van der Waals surface area contributed by atoms with E-state index in [0.717, 1.165) is 0 Å². The lowest BCUT2D eigenvalue weighted by atomic mass is 10.1. The lowest BCUT2D eigenvalue weighted by Gasteiger charge is -2.02. The predicted octanol–water partition coefficient (Wildman–Crippen LogP) is 2.19. The summed E-state index contributed by atoms with van der Waals surface area (Å²) in [5.74, 6) is -2.10. The zero-order valence-electron chi connectivity index (χ0n) is 10.5. The Labute approximate surface area is 109 Å². The second-order valence-electron chi connectivity index (χ2n) is 4.03. The van der Waals surface area contributed by atoms with Crippen molar-refractivity contribution in [1.29, 1.82) is 0 Å². The van der Waals surface area contributed by atoms with Crippen LogP contribution < -0.4 is 0 Å². The summed E-state index contributed by atoms with van der Waals surface area (Å²) in [4.78, 5) is 26.6. The summed E-state index contributed by atoms with van der Waals surface area (Å²) in [6, 6.07) is 4.64. The highest BCUT2D eigenvalue weighted by Gasteiger charge is 2.23. The van der Waals surface area contributed by atoms with Gasteiger partial charge in [-0.1, -0.05) is 6.92 Å². The minimum absolute atomic E-state index is 0.145. The van der Waals surface area contributed by atoms with Crippen molar-refractivity contribution in [2.75, 3.05) is 7.11 Å². The Bertz CT molecular complexity index is 631. The second kappa shape index (κ2) is 5.09. The van der Waals surface area contributed by atoms with Crippen LogP contribution in [0.3, 0.4) is 0 Å². The van der Waals surface area contributed by atoms with E-state index in [-0.39, 0.29) is 5.89 Å². The number of rotatable bonds is 4. The summed E-state index contributed by atoms with van der Waals surface area (Å²) in [7, 11) is 1.29. The van der Waals surface area contributed by atoms with E-state index < -0.39 is 17.9 Å². The largest absolute Gasteiger partial charge is 0.481 e. The molecule has 0 aliphatic carbocycles. The molecule has 2 rings (SSSR count). The molecule has 0 amide bonds. The Hall–Kier alpha value is -2.37. The Morgan fingerprint density at radius 3 is 2.79 bits per heavy atom. The number of esters is 1. The van der Waals surface area contributed by atoms with Crippen LogP contribution >= 0.6 is 0 Å². The average Bonchev–Trinajstić information content (AvgIpc) is 2.80. The van der Waals surface area contributed by atoms with Crippen LogP contribution in [0.1, 0.15) is 35.5 Å². The van der Waals surface area contributed by atoms with Gasteiger partial charge in [0, 0.05) is 0 Å². The lowest BCUT2D eigenvalue weighted by Crippen LogP contribution is -2.10. The zero-order chi connectivity index (χ0) is 14.0. The van der Waals surface area contributed by atoms with Crippen LogP contribution in [0, 0.1) is 0 Å². The zero-order valence-corrected chi connectivity index (χ0v) is 10.5. The van der Waals surface area contributed by atoms with Crippen molar-refractivity contribution in [3.05, 3.63) is 29.7 Å². The highest BCUT2D eigenvalue weighted by molar-refractivity contribution is 5.93. The standard InChI is InChI=1S/C13H13NO5/c1-3-8(12(15)16)11-14-9-6-7(13(17)18-2)4-5-10(9)19-11/h4-6,8H,3H2,1-2H3,(H,15,16). The molecule has 1 N–H and O–H groups in total. The molecule has 19 heavy (non-hydrogen) atoms. The third-order valence-corrected chi connectivity index (χ3v) is 2.83. The van der Waals surface area contributed by atoms with Crippen molar-refractivity contribution in [2.24, 2.45) is 0 Å². The summed E-state index contributed by atoms with van der Waals surface area (Å²) < 4.78 is 10.0. The molecule has 1 aromatic carbocycles. The summed E-state index contributed by atoms with van der Waals surface area (Å²) in [6.07, 6.45) is 0.381. The van der Waals surface area contributed by atoms with Crippen molar-refractivity contribution >= 4 is 23.0 Å². The Morgan fingerprint density at radius 1 is 1.47 bits per heavy atom. The number of carboxylic acids is 1. The fourth-order valence-corrected chi connectivity index (χ4v) is 1.79. The number of carbonyl (C=O) groups excluding carboxylic acids is 1. The third kappa shape index (κ3) is 2.42. The summed E-state index contributed by atoms with van der Waals surface area (Å²) in [5.41, 5.74) is 1.23. The van der Waals surface area contributed by atoms with Crippen molar-refractivity contribution in [1.82, 2.24) is 4.98 Å². The maximum Gasteiger partial charge on any atom is 0.337 e. The first-order chi connectivity index (χ1) is 9.06. The predicted molar refractivity (Wildman–Crippen MR) is 66.0 cm³/mol. The van der Waals surface area contributed by atoms with E-state index in [2.05, 4.69) is 9.72 Å². The number of hydrogen-bond donors (Lipinski definition) is 1. The van der Waals surface area contributed by atoms with Gasteiger partial charge in [-0.25, -0.2) is 9.78 Å². The molecule has 0 aliphatic rings. The number of aliphatic carboxylic acids is 1. The van der Waals surface area contributed by atoms with Crippen molar-refractivity contribution in [3.8, 4) is 0 Å². The lowest BCUT2D eigenvalue weighted by molar-refractivity contribution is -0.139. The average molecular weight is 263 g/mol. The minimum atomic E-state index is -0.984. The number of benzene rings is 1. The maximum absolute atomic E-state index is 11.4. The highest BCUT2D eigenvalue weighted by Crippen LogP contribution is 2.25. The van der Waals surface area contributed by atoms with Gasteiger partial charge in [0.05, 0.1) is 12.7 Å². The molecule has 6 nitrogen and oxygen atoms in total. The topological polar surface area (TPSA) is 89.6 Å². The molecule has 1 unspecified atom stereocenters. The number of aromatic nitrogens is 1. The van der Waals surface area contributed by atoms with E-state index in [1.807, 2.05) is 0 Å². The smallest absolute Gasteiger partial charge is 0.337 e. The maximum atomic E-state index is 11.4. The van der Waals surface area contributed by atoms with Crippen molar-refractivity contribution in [2.45, 2.75) is 19.3 Å². The van der Waals surface area contributed by atoms with Crippen LogP contribution in [0.25, 0.3) is 11.1 Å². The molecule has 1 aromatic heterocycles. The Morgan fingerprint density at radius 2 is 2.21 bits per heavy atom. The molecule has 0 saturated carbocycles. The number of ether oxygens (including phenoxy) is 1. The Kier molecular flexibility index (Phi) is 3.50. The van der Waals surface area contributed by atoms with Crippen molar-refractivity contribution in [3.63, 3.8) is 0 Å². The normalized spacial score (nSPS) is 12.3. The van der Waals surface area contributed by atoms with Gasteiger partial charge in [-0.05, 0) is 24.6 Å². The van der Waals surface area contributed by atoms with Gasteiger partial charge in [0.2, 0.25) is 5.89 Å². The Balaban J connectivity index is 2.46. The van der Waals surface area contributed by atoms with E-state index >= 15 is 0 Å². The molecule has 0 bridgehead atoms. The third-order valence-electron chi connectivity index (χ3n) is 2.83. The number of nitrogens with zero attached hydrogens (tertiary/aromatic N) is 1. The van der Waals surface area contributed by atoms with Gasteiger partial charge < -0.3 is 14.3 Å². The number of oxazole rings is 1. The molecule has 2 aromatic rings. The summed E-state index contributed by atoms with van der Waals surface area (Å²) in [6.45, 7) is 1.74. The highest BCUT2D eigenvalue weighted by atomic mass is 16.5. The minimum Gasteiger partial charge on any atom is -0.481 e. The van der Waals surface area contributed by atoms with Crippen LogP contribution in [-0.2, 0) is 9.53 Å². The molecule has 0 radical (unpaired) electrons. The van der Waals surface area contributed by atoms with Crippen LogP contribution in [0.2, 0.25) is 0 Å². The molecule has 0 saturated heterocycles. The number of hydrogen-bond acceptors (Lipinski definition) is 5. The first kappa shape index (κ1) is 13.1. The fraction of sp³-hybridized carbons (Fsp3) is 0.308. The number of carbonyl (C=O) groups is 2. The van der Waals surface area contributed by atoms with Crippen LogP contribution in [0.4, 0.5) is 0 Å². The van der Waals surface area contributed by atoms with Gasteiger partial charge in [-0.2, -0.15) is 0 Å². The first-order valence-corrected chi connectivity index (χ1v) is 5.78. The SMILES string of the molecule is CCC(C(=O)O)c1nc2cc(C(=O)OC)ccc2o1. The molecule has 1 atom stereocenters. The van der Waals surface area contributed by atoms with E-state index in [4.69, 9.17) is 9.52 Å². The van der Waals surface area contributed by atoms with Gasteiger partial charge in [0.1, 0.15) is 11.4 Å². The number of fused-ring (bicyclic) bond motifs is 1. The second-order valence-corrected chi connectivity index (χ2v) is 4.03. The monoisotopic (exact) mass is 263 g/mol. The van der Waals surface area contributed by atoms with E-state index in [1.54, 1.807) is 19.1 Å². The van der Waals surface area contributed by atoms with E-state index in [1.165, 1.54) is 13.2 Å². The summed E-state index contributed by atoms with van der Waals surface area (Å²) in [5, 5.41) is 9.06. The van der Waals surface area contributed by atoms with Gasteiger partial charge in [0.15, 0.2) is 5.58 Å². The van der Waals surface area contributed by atoms with Gasteiger partial charge in [-0.15, -0.1) is 0 Å². The van der Waals surface area contributed by atoms with Crippen LogP contribution in [0.5, 0.6) is 0 Å². The van der Waals surface area contributed by atoms with E-state index in [9.17, 15) is 9.59 Å². The number of methoxy groups -OCH3 is 1. The van der Waals surface area contributed by atoms with Gasteiger partial charge in [-0.3, -0.25) is 4.79 Å². The fourth-order valence-electron chi connectivity index (χ4n) is 1.79. The first-order valence-electron chi connectivity index (χ1n) is 5.78. The van der Waals surface area contributed by atoms with Crippen LogP contribution in [-0.4, -0.2) is 29.1 Å². The molecule has 0 fully saturated rings. The molecule has 6 heteroatoms. The van der Waals surface area contributed by atoms with Gasteiger partial charge >= 0.3 is 11.9 Å². The summed E-state index contributed by atoms with van der Waals surface area (Å²) >= 11 is 0. The molecule has 0 spiro atoms. The molecule has 1 heterocycles. The quantitative estimate of drug-likeness (QED) is 0.850. The molecule has 0 aliphatic heterocycles.